The van der Waals surface area contributed by atoms with Gasteiger partial charge in [0.05, 0.1) is 5.56 Å². The van der Waals surface area contributed by atoms with Gasteiger partial charge in [0.1, 0.15) is 11.3 Å². The molecule has 3 rings (SSSR count). The average molecular weight is 397 g/mol. The molecular formula is C13H9NO2Re. The van der Waals surface area contributed by atoms with Gasteiger partial charge < -0.3 is 9.52 Å². The van der Waals surface area contributed by atoms with Gasteiger partial charge in [0.2, 0.25) is 5.89 Å². The molecule has 1 heterocycles. The van der Waals surface area contributed by atoms with Gasteiger partial charge >= 0.3 is 0 Å². The van der Waals surface area contributed by atoms with Gasteiger partial charge in [0.25, 0.3) is 0 Å². The third kappa shape index (κ3) is 2.10. The number of aromatic hydroxyl groups is 1. The molecule has 0 bridgehead atoms. The monoisotopic (exact) mass is 398 g/mol. The molecule has 0 spiro atoms. The summed E-state index contributed by atoms with van der Waals surface area (Å²) in [4.78, 5) is 4.32. The normalized spacial score (nSPS) is 10.1. The number of oxazole rings is 1. The summed E-state index contributed by atoms with van der Waals surface area (Å²) in [6.45, 7) is 0. The molecule has 4 heteroatoms. The van der Waals surface area contributed by atoms with E-state index in [2.05, 4.69) is 4.98 Å². The topological polar surface area (TPSA) is 46.3 Å². The van der Waals surface area contributed by atoms with E-state index in [9.17, 15) is 5.11 Å². The van der Waals surface area contributed by atoms with Crippen LogP contribution in [0.4, 0.5) is 0 Å². The van der Waals surface area contributed by atoms with Crippen LogP contribution in [-0.2, 0) is 20.4 Å². The fourth-order valence-corrected chi connectivity index (χ4v) is 1.64. The van der Waals surface area contributed by atoms with Crippen molar-refractivity contribution >= 4 is 11.1 Å². The molecule has 0 aliphatic carbocycles. The van der Waals surface area contributed by atoms with E-state index in [1.165, 1.54) is 0 Å². The molecular weight excluding hydrogens is 388 g/mol. The first-order valence-corrected chi connectivity index (χ1v) is 4.98. The average Bonchev–Trinajstić information content (AvgIpc) is 2.73. The molecule has 0 atom stereocenters. The number of aromatic nitrogens is 1. The van der Waals surface area contributed by atoms with E-state index in [-0.39, 0.29) is 26.2 Å². The van der Waals surface area contributed by atoms with Crippen LogP contribution >= 0.6 is 0 Å². The van der Waals surface area contributed by atoms with Gasteiger partial charge in [-0.15, -0.1) is 0 Å². The summed E-state index contributed by atoms with van der Waals surface area (Å²) in [5, 5.41) is 9.69. The van der Waals surface area contributed by atoms with Gasteiger partial charge in [-0.05, 0) is 24.3 Å². The second-order valence-corrected chi connectivity index (χ2v) is 3.50. The Bertz CT molecular complexity index is 615. The minimum absolute atomic E-state index is 0. The number of hydrogen-bond acceptors (Lipinski definition) is 3. The van der Waals surface area contributed by atoms with Crippen molar-refractivity contribution < 1.29 is 29.9 Å². The van der Waals surface area contributed by atoms with Crippen molar-refractivity contribution in [2.24, 2.45) is 0 Å². The second kappa shape index (κ2) is 4.70. The predicted molar refractivity (Wildman–Crippen MR) is 61.1 cm³/mol. The molecule has 3 aromatic rings. The summed E-state index contributed by atoms with van der Waals surface area (Å²) < 4.78 is 5.56. The maximum absolute atomic E-state index is 9.69. The van der Waals surface area contributed by atoms with Gasteiger partial charge in [0.15, 0.2) is 5.58 Å². The molecule has 0 aliphatic heterocycles. The number of phenolic OH excluding ortho intramolecular Hbond substituents is 1. The van der Waals surface area contributed by atoms with Crippen molar-refractivity contribution in [2.45, 2.75) is 0 Å². The maximum Gasteiger partial charge on any atom is 0.231 e. The Kier molecular flexibility index (Phi) is 3.28. The van der Waals surface area contributed by atoms with Gasteiger partial charge in [-0.3, -0.25) is 0 Å². The van der Waals surface area contributed by atoms with E-state index >= 15 is 0 Å². The molecule has 0 fully saturated rings. The van der Waals surface area contributed by atoms with Crippen molar-refractivity contribution in [1.82, 2.24) is 4.98 Å². The summed E-state index contributed by atoms with van der Waals surface area (Å²) in [6, 6.07) is 14.5. The third-order valence-corrected chi connectivity index (χ3v) is 2.43. The van der Waals surface area contributed by atoms with Crippen LogP contribution in [0.25, 0.3) is 22.6 Å². The van der Waals surface area contributed by atoms with E-state index in [0.717, 1.165) is 11.1 Å². The molecule has 1 N–H and O–H groups in total. The molecule has 3 nitrogen and oxygen atoms in total. The molecule has 85 valence electrons. The molecule has 0 saturated carbocycles. The molecule has 0 unspecified atom stereocenters. The van der Waals surface area contributed by atoms with Crippen LogP contribution in [0.1, 0.15) is 0 Å². The minimum Gasteiger partial charge on any atom is -0.507 e. The van der Waals surface area contributed by atoms with Crippen LogP contribution in [0.3, 0.4) is 0 Å². The van der Waals surface area contributed by atoms with E-state index < -0.39 is 0 Å². The van der Waals surface area contributed by atoms with Crippen molar-refractivity contribution in [3.63, 3.8) is 0 Å². The molecule has 0 amide bonds. The Morgan fingerprint density at radius 3 is 2.41 bits per heavy atom. The molecule has 2 aromatic carbocycles. The molecule has 0 aliphatic rings. The Morgan fingerprint density at radius 1 is 0.941 bits per heavy atom. The number of para-hydroxylation sites is 3. The first-order chi connectivity index (χ1) is 7.84. The number of rotatable bonds is 1. The summed E-state index contributed by atoms with van der Waals surface area (Å²) in [5.74, 6) is 0.619. The van der Waals surface area contributed by atoms with Crippen LogP contribution in [0.15, 0.2) is 52.9 Å². The van der Waals surface area contributed by atoms with Crippen LogP contribution in [0.5, 0.6) is 5.75 Å². The number of fused-ring (bicyclic) bond motifs is 1. The quantitative estimate of drug-likeness (QED) is 0.686. The molecule has 17 heavy (non-hydrogen) atoms. The molecule has 0 saturated heterocycles. The van der Waals surface area contributed by atoms with Gasteiger partial charge in [-0.1, -0.05) is 24.3 Å². The van der Waals surface area contributed by atoms with Crippen molar-refractivity contribution in [1.29, 1.82) is 0 Å². The van der Waals surface area contributed by atoms with Crippen LogP contribution in [-0.4, -0.2) is 10.1 Å². The van der Waals surface area contributed by atoms with E-state index in [4.69, 9.17) is 4.42 Å². The Hall–Kier alpha value is -1.63. The van der Waals surface area contributed by atoms with Gasteiger partial charge in [0, 0.05) is 20.4 Å². The maximum atomic E-state index is 9.69. The SMILES string of the molecule is Oc1ccccc1-c1nc2ccccc2o1.[Re]. The molecule has 1 radical (unpaired) electrons. The fourth-order valence-electron chi connectivity index (χ4n) is 1.64. The predicted octanol–water partition coefficient (Wildman–Crippen LogP) is 3.20. The van der Waals surface area contributed by atoms with Crippen LogP contribution < -0.4 is 0 Å². The molecule has 1 aromatic heterocycles. The smallest absolute Gasteiger partial charge is 0.231 e. The van der Waals surface area contributed by atoms with Crippen molar-refractivity contribution in [3.8, 4) is 17.2 Å². The Labute approximate surface area is 112 Å². The minimum atomic E-state index is 0. The standard InChI is InChI=1S/C13H9NO2.Re/c15-11-7-3-1-5-9(11)13-14-10-6-2-4-8-12(10)16-13;/h1-8,15H;. The number of phenols is 1. The number of hydrogen-bond donors (Lipinski definition) is 1. The van der Waals surface area contributed by atoms with E-state index in [1.807, 2.05) is 30.3 Å². The van der Waals surface area contributed by atoms with Crippen LogP contribution in [0.2, 0.25) is 0 Å². The van der Waals surface area contributed by atoms with Gasteiger partial charge in [-0.2, -0.15) is 0 Å². The zero-order chi connectivity index (χ0) is 11.0. The number of nitrogens with zero attached hydrogens (tertiary/aromatic N) is 1. The Balaban J connectivity index is 0.00000108. The fraction of sp³-hybridized carbons (Fsp3) is 0. The zero-order valence-electron chi connectivity index (χ0n) is 8.80. The first-order valence-electron chi connectivity index (χ1n) is 4.98. The summed E-state index contributed by atoms with van der Waals surface area (Å²) in [7, 11) is 0. The van der Waals surface area contributed by atoms with E-state index in [0.29, 0.717) is 11.5 Å². The van der Waals surface area contributed by atoms with Crippen molar-refractivity contribution in [3.05, 3.63) is 48.5 Å². The third-order valence-electron chi connectivity index (χ3n) is 2.43. The Morgan fingerprint density at radius 2 is 1.65 bits per heavy atom. The largest absolute Gasteiger partial charge is 0.507 e. The van der Waals surface area contributed by atoms with Crippen molar-refractivity contribution in [2.75, 3.05) is 0 Å². The van der Waals surface area contributed by atoms with Crippen LogP contribution in [0, 0.1) is 0 Å². The second-order valence-electron chi connectivity index (χ2n) is 3.50. The summed E-state index contributed by atoms with van der Waals surface area (Å²) in [5.41, 5.74) is 2.13. The summed E-state index contributed by atoms with van der Waals surface area (Å²) >= 11 is 0. The van der Waals surface area contributed by atoms with Gasteiger partial charge in [-0.25, -0.2) is 4.98 Å². The van der Waals surface area contributed by atoms with E-state index in [1.54, 1.807) is 18.2 Å². The first kappa shape index (κ1) is 11.8. The number of benzene rings is 2. The summed E-state index contributed by atoms with van der Waals surface area (Å²) in [6.07, 6.45) is 0. The zero-order valence-corrected chi connectivity index (χ0v) is 11.5.